The minimum absolute atomic E-state index is 0.0252. The molecule has 0 unspecified atom stereocenters. The summed E-state index contributed by atoms with van der Waals surface area (Å²) < 4.78 is 22.6. The van der Waals surface area contributed by atoms with Gasteiger partial charge in [0.15, 0.2) is 0 Å². The number of hydrogen-bond acceptors (Lipinski definition) is 3. The monoisotopic (exact) mass is 329 g/mol. The van der Waals surface area contributed by atoms with E-state index in [0.717, 1.165) is 25.9 Å². The van der Waals surface area contributed by atoms with Gasteiger partial charge in [0.1, 0.15) is 0 Å². The van der Waals surface area contributed by atoms with Crippen LogP contribution in [0.15, 0.2) is 23.1 Å². The average Bonchev–Trinajstić information content (AvgIpc) is 2.35. The lowest BCUT2D eigenvalue weighted by Gasteiger charge is -2.38. The van der Waals surface area contributed by atoms with Gasteiger partial charge in [0, 0.05) is 29.3 Å². The normalized spacial score (nSPS) is 18.6. The highest BCUT2D eigenvalue weighted by Crippen LogP contribution is 2.30. The third kappa shape index (κ3) is 3.77. The molecule has 1 saturated heterocycles. The van der Waals surface area contributed by atoms with E-state index >= 15 is 0 Å². The van der Waals surface area contributed by atoms with Crippen molar-refractivity contribution in [1.82, 2.24) is 4.90 Å². The Bertz CT molecular complexity index is 667. The number of halogens is 1. The Morgan fingerprint density at radius 3 is 2.52 bits per heavy atom. The maximum atomic E-state index is 12.6. The summed E-state index contributed by atoms with van der Waals surface area (Å²) in [4.78, 5) is 14.5. The molecular weight excluding hydrogens is 310 g/mol. The molecule has 0 atom stereocenters. The SMILES string of the molecule is Cc1cc(S(=O)(=O)Cl)ccc1C(=O)N1CCCC(C)(C)C1. The molecule has 0 saturated carbocycles. The Balaban J connectivity index is 2.28. The quantitative estimate of drug-likeness (QED) is 0.783. The van der Waals surface area contributed by atoms with E-state index in [4.69, 9.17) is 10.7 Å². The molecular formula is C15H20ClNO3S. The fraction of sp³-hybridized carbons (Fsp3) is 0.533. The molecule has 0 aliphatic carbocycles. The first-order valence-corrected chi connectivity index (χ1v) is 9.26. The van der Waals surface area contributed by atoms with Crippen LogP contribution < -0.4 is 0 Å². The average molecular weight is 330 g/mol. The van der Waals surface area contributed by atoms with Gasteiger partial charge in [-0.3, -0.25) is 4.79 Å². The van der Waals surface area contributed by atoms with Crippen LogP contribution >= 0.6 is 10.7 Å². The van der Waals surface area contributed by atoms with Crippen molar-refractivity contribution in [3.8, 4) is 0 Å². The highest BCUT2D eigenvalue weighted by atomic mass is 35.7. The summed E-state index contributed by atoms with van der Waals surface area (Å²) in [5.74, 6) is -0.0428. The zero-order chi connectivity index (χ0) is 15.8. The fourth-order valence-corrected chi connectivity index (χ4v) is 3.63. The first-order valence-electron chi connectivity index (χ1n) is 6.95. The van der Waals surface area contributed by atoms with E-state index in [0.29, 0.717) is 11.1 Å². The number of aryl methyl sites for hydroxylation is 1. The zero-order valence-electron chi connectivity index (χ0n) is 12.5. The predicted octanol–water partition coefficient (Wildman–Crippen LogP) is 3.18. The van der Waals surface area contributed by atoms with E-state index in [2.05, 4.69) is 13.8 Å². The largest absolute Gasteiger partial charge is 0.338 e. The molecule has 1 amide bonds. The summed E-state index contributed by atoms with van der Waals surface area (Å²) in [5, 5.41) is 0. The summed E-state index contributed by atoms with van der Waals surface area (Å²) in [6.45, 7) is 7.51. The van der Waals surface area contributed by atoms with Crippen LogP contribution in [0.2, 0.25) is 0 Å². The van der Waals surface area contributed by atoms with Crippen molar-refractivity contribution in [1.29, 1.82) is 0 Å². The molecule has 6 heteroatoms. The van der Waals surface area contributed by atoms with Gasteiger partial charge in [-0.15, -0.1) is 0 Å². The molecule has 1 aromatic carbocycles. The van der Waals surface area contributed by atoms with Gasteiger partial charge in [0.05, 0.1) is 4.90 Å². The first kappa shape index (κ1) is 16.3. The van der Waals surface area contributed by atoms with Crippen LogP contribution in [0, 0.1) is 12.3 Å². The molecule has 1 fully saturated rings. The van der Waals surface area contributed by atoms with Crippen molar-refractivity contribution < 1.29 is 13.2 Å². The van der Waals surface area contributed by atoms with Gasteiger partial charge in [0.25, 0.3) is 15.0 Å². The Labute approximate surface area is 130 Å². The van der Waals surface area contributed by atoms with E-state index in [9.17, 15) is 13.2 Å². The first-order chi connectivity index (χ1) is 9.60. The lowest BCUT2D eigenvalue weighted by molar-refractivity contribution is 0.0582. The van der Waals surface area contributed by atoms with Gasteiger partial charge in [-0.1, -0.05) is 13.8 Å². The third-order valence-corrected chi connectivity index (χ3v) is 5.25. The number of likely N-dealkylation sites (tertiary alicyclic amines) is 1. The molecule has 0 N–H and O–H groups in total. The number of carbonyl (C=O) groups excluding carboxylic acids is 1. The van der Waals surface area contributed by atoms with E-state index in [1.165, 1.54) is 12.1 Å². The number of amides is 1. The number of hydrogen-bond donors (Lipinski definition) is 0. The van der Waals surface area contributed by atoms with Crippen LogP contribution in [0.4, 0.5) is 0 Å². The molecule has 0 spiro atoms. The van der Waals surface area contributed by atoms with Crippen molar-refractivity contribution in [2.75, 3.05) is 13.1 Å². The van der Waals surface area contributed by atoms with E-state index in [1.807, 2.05) is 4.90 Å². The van der Waals surface area contributed by atoms with E-state index in [1.54, 1.807) is 13.0 Å². The second kappa shape index (κ2) is 5.61. The Morgan fingerprint density at radius 1 is 1.33 bits per heavy atom. The number of nitrogens with zero attached hydrogens (tertiary/aromatic N) is 1. The molecule has 1 aliphatic rings. The van der Waals surface area contributed by atoms with Crippen molar-refractivity contribution >= 4 is 25.6 Å². The van der Waals surface area contributed by atoms with Crippen LogP contribution in [0.3, 0.4) is 0 Å². The number of benzene rings is 1. The van der Waals surface area contributed by atoms with Crippen LogP contribution in [0.5, 0.6) is 0 Å². The van der Waals surface area contributed by atoms with Gasteiger partial charge < -0.3 is 4.90 Å². The summed E-state index contributed by atoms with van der Waals surface area (Å²) >= 11 is 0. The number of carbonyl (C=O) groups is 1. The van der Waals surface area contributed by atoms with Gasteiger partial charge >= 0.3 is 0 Å². The Hall–Kier alpha value is -1.07. The standard InChI is InChI=1S/C15H20ClNO3S/c1-11-9-12(21(16,19)20)5-6-13(11)14(18)17-8-4-7-15(2,3)10-17/h5-6,9H,4,7-8,10H2,1-3H3. The smallest absolute Gasteiger partial charge is 0.261 e. The van der Waals surface area contributed by atoms with Crippen LogP contribution in [-0.4, -0.2) is 32.3 Å². The molecule has 1 heterocycles. The maximum Gasteiger partial charge on any atom is 0.261 e. The van der Waals surface area contributed by atoms with Gasteiger partial charge in [-0.05, 0) is 48.9 Å². The Kier molecular flexibility index (Phi) is 4.36. The maximum absolute atomic E-state index is 12.6. The molecule has 4 nitrogen and oxygen atoms in total. The minimum atomic E-state index is -3.76. The van der Waals surface area contributed by atoms with Crippen LogP contribution in [-0.2, 0) is 9.05 Å². The third-order valence-electron chi connectivity index (χ3n) is 3.90. The highest BCUT2D eigenvalue weighted by molar-refractivity contribution is 8.13. The lowest BCUT2D eigenvalue weighted by Crippen LogP contribution is -2.43. The molecule has 116 valence electrons. The summed E-state index contributed by atoms with van der Waals surface area (Å²) in [5.41, 5.74) is 1.29. The molecule has 21 heavy (non-hydrogen) atoms. The zero-order valence-corrected chi connectivity index (χ0v) is 14.1. The predicted molar refractivity (Wildman–Crippen MR) is 83.1 cm³/mol. The molecule has 0 bridgehead atoms. The van der Waals surface area contributed by atoms with Crippen molar-refractivity contribution in [3.05, 3.63) is 29.3 Å². The van der Waals surface area contributed by atoms with Crippen molar-refractivity contribution in [2.45, 2.75) is 38.5 Å². The summed E-state index contributed by atoms with van der Waals surface area (Å²) in [6, 6.07) is 4.39. The molecule has 0 radical (unpaired) electrons. The Morgan fingerprint density at radius 2 is 2.00 bits per heavy atom. The lowest BCUT2D eigenvalue weighted by atomic mass is 9.84. The van der Waals surface area contributed by atoms with Crippen molar-refractivity contribution in [2.24, 2.45) is 5.41 Å². The second-order valence-corrected chi connectivity index (χ2v) is 8.97. The number of piperidine rings is 1. The van der Waals surface area contributed by atoms with E-state index in [-0.39, 0.29) is 16.2 Å². The second-order valence-electron chi connectivity index (χ2n) is 6.41. The van der Waals surface area contributed by atoms with Crippen molar-refractivity contribution in [3.63, 3.8) is 0 Å². The fourth-order valence-electron chi connectivity index (χ4n) is 2.79. The summed E-state index contributed by atoms with van der Waals surface area (Å²) in [6.07, 6.45) is 2.10. The highest BCUT2D eigenvalue weighted by Gasteiger charge is 2.30. The van der Waals surface area contributed by atoms with E-state index < -0.39 is 9.05 Å². The van der Waals surface area contributed by atoms with Gasteiger partial charge in [0.2, 0.25) is 0 Å². The molecule has 1 aromatic rings. The van der Waals surface area contributed by atoms with Crippen LogP contribution in [0.25, 0.3) is 0 Å². The summed E-state index contributed by atoms with van der Waals surface area (Å²) in [7, 11) is 1.56. The van der Waals surface area contributed by atoms with Crippen LogP contribution in [0.1, 0.15) is 42.6 Å². The molecule has 2 rings (SSSR count). The number of rotatable bonds is 2. The molecule has 1 aliphatic heterocycles. The topological polar surface area (TPSA) is 54.5 Å². The minimum Gasteiger partial charge on any atom is -0.338 e. The van der Waals surface area contributed by atoms with Gasteiger partial charge in [-0.25, -0.2) is 8.42 Å². The molecule has 0 aromatic heterocycles. The van der Waals surface area contributed by atoms with Gasteiger partial charge in [-0.2, -0.15) is 0 Å².